The zero-order valence-electron chi connectivity index (χ0n) is 17.5. The first kappa shape index (κ1) is 21.2. The van der Waals surface area contributed by atoms with Crippen LogP contribution in [0.2, 0.25) is 0 Å². The Morgan fingerprint density at radius 3 is 2.33 bits per heavy atom. The molecule has 0 aliphatic rings. The summed E-state index contributed by atoms with van der Waals surface area (Å²) >= 11 is 0. The molecule has 30 heavy (non-hydrogen) atoms. The van der Waals surface area contributed by atoms with Crippen LogP contribution in [0.25, 0.3) is 22.2 Å². The van der Waals surface area contributed by atoms with Crippen LogP contribution < -0.4 is 5.32 Å². The van der Waals surface area contributed by atoms with Crippen molar-refractivity contribution in [1.82, 2.24) is 15.3 Å². The number of nitrogens with zero attached hydrogens (tertiary/aromatic N) is 2. The molecule has 1 aromatic heterocycles. The number of amides is 1. The maximum Gasteiger partial charge on any atom is 0.408 e. The van der Waals surface area contributed by atoms with Crippen molar-refractivity contribution >= 4 is 23.0 Å². The average molecular weight is 407 g/mol. The van der Waals surface area contributed by atoms with E-state index in [-0.39, 0.29) is 5.56 Å². The smallest absolute Gasteiger partial charge is 0.408 e. The van der Waals surface area contributed by atoms with E-state index in [0.29, 0.717) is 17.9 Å². The Balaban J connectivity index is 2.03. The SMILES string of the molecule is CCC(NC(=O)OC(C)(C)C)c1nc(-c2ccc(C(=O)O)cc2)c2ccccc2n1. The van der Waals surface area contributed by atoms with Crippen LogP contribution >= 0.6 is 0 Å². The standard InChI is InChI=1S/C23H25N3O4/c1-5-17(25-22(29)30-23(2,3)4)20-24-18-9-7-6-8-16(18)19(26-20)14-10-12-15(13-11-14)21(27)28/h6-13,17H,5H2,1-4H3,(H,25,29)(H,27,28). The second-order valence-electron chi connectivity index (χ2n) is 7.94. The Kier molecular flexibility index (Phi) is 6.01. The molecule has 0 fully saturated rings. The second kappa shape index (κ2) is 8.49. The number of para-hydroxylation sites is 1. The molecule has 7 heteroatoms. The quantitative estimate of drug-likeness (QED) is 0.619. The fraction of sp³-hybridized carbons (Fsp3) is 0.304. The third-order valence-corrected chi connectivity index (χ3v) is 4.44. The van der Waals surface area contributed by atoms with Crippen LogP contribution in [0.4, 0.5) is 4.79 Å². The number of alkyl carbamates (subject to hydrolysis) is 1. The number of carbonyl (C=O) groups excluding carboxylic acids is 1. The summed E-state index contributed by atoms with van der Waals surface area (Å²) in [4.78, 5) is 32.8. The summed E-state index contributed by atoms with van der Waals surface area (Å²) < 4.78 is 5.37. The van der Waals surface area contributed by atoms with Crippen LogP contribution in [-0.4, -0.2) is 32.7 Å². The van der Waals surface area contributed by atoms with Crippen LogP contribution in [-0.2, 0) is 4.74 Å². The Morgan fingerprint density at radius 1 is 1.07 bits per heavy atom. The van der Waals surface area contributed by atoms with Crippen molar-refractivity contribution < 1.29 is 19.4 Å². The van der Waals surface area contributed by atoms with E-state index in [2.05, 4.69) is 10.3 Å². The fourth-order valence-electron chi connectivity index (χ4n) is 3.04. The van der Waals surface area contributed by atoms with E-state index < -0.39 is 23.7 Å². The molecule has 1 atom stereocenters. The summed E-state index contributed by atoms with van der Waals surface area (Å²) in [7, 11) is 0. The predicted molar refractivity (Wildman–Crippen MR) is 114 cm³/mol. The average Bonchev–Trinajstić information content (AvgIpc) is 2.70. The summed E-state index contributed by atoms with van der Waals surface area (Å²) in [5.41, 5.74) is 1.78. The highest BCUT2D eigenvalue weighted by Gasteiger charge is 2.22. The van der Waals surface area contributed by atoms with Gasteiger partial charge in [0.2, 0.25) is 0 Å². The number of hydrogen-bond acceptors (Lipinski definition) is 5. The number of benzene rings is 2. The Bertz CT molecular complexity index is 1070. The lowest BCUT2D eigenvalue weighted by Gasteiger charge is -2.23. The number of carboxylic acid groups (broad SMARTS) is 1. The molecule has 0 saturated carbocycles. The Morgan fingerprint density at radius 2 is 1.73 bits per heavy atom. The second-order valence-corrected chi connectivity index (χ2v) is 7.94. The molecule has 0 aliphatic carbocycles. The molecule has 0 spiro atoms. The van der Waals surface area contributed by atoms with Gasteiger partial charge in [-0.05, 0) is 45.4 Å². The molecule has 2 aromatic carbocycles. The third-order valence-electron chi connectivity index (χ3n) is 4.44. The number of nitrogens with one attached hydrogen (secondary N) is 1. The lowest BCUT2D eigenvalue weighted by molar-refractivity contribution is 0.0499. The minimum atomic E-state index is -0.984. The first-order valence-electron chi connectivity index (χ1n) is 9.78. The van der Waals surface area contributed by atoms with Crippen molar-refractivity contribution in [2.75, 3.05) is 0 Å². The normalized spacial score (nSPS) is 12.4. The molecule has 2 N–H and O–H groups in total. The van der Waals surface area contributed by atoms with Crippen LogP contribution in [0, 0.1) is 0 Å². The highest BCUT2D eigenvalue weighted by atomic mass is 16.6. The molecule has 156 valence electrons. The van der Waals surface area contributed by atoms with Crippen molar-refractivity contribution in [3.05, 3.63) is 59.9 Å². The molecule has 0 radical (unpaired) electrons. The predicted octanol–water partition coefficient (Wildman–Crippen LogP) is 4.97. The van der Waals surface area contributed by atoms with Crippen molar-refractivity contribution in [2.24, 2.45) is 0 Å². The number of ether oxygens (including phenoxy) is 1. The highest BCUT2D eigenvalue weighted by molar-refractivity contribution is 5.93. The van der Waals surface area contributed by atoms with Gasteiger partial charge in [-0.15, -0.1) is 0 Å². The minimum Gasteiger partial charge on any atom is -0.478 e. The zero-order chi connectivity index (χ0) is 21.9. The molecule has 7 nitrogen and oxygen atoms in total. The van der Waals surface area contributed by atoms with Crippen LogP contribution in [0.3, 0.4) is 0 Å². The van der Waals surface area contributed by atoms with Crippen LogP contribution in [0.1, 0.15) is 56.3 Å². The summed E-state index contributed by atoms with van der Waals surface area (Å²) in [5, 5.41) is 12.8. The van der Waals surface area contributed by atoms with Gasteiger partial charge < -0.3 is 15.2 Å². The van der Waals surface area contributed by atoms with E-state index >= 15 is 0 Å². The first-order chi connectivity index (χ1) is 14.2. The highest BCUT2D eigenvalue weighted by Crippen LogP contribution is 2.28. The first-order valence-corrected chi connectivity index (χ1v) is 9.78. The van der Waals surface area contributed by atoms with E-state index in [1.165, 1.54) is 0 Å². The summed E-state index contributed by atoms with van der Waals surface area (Å²) in [6, 6.07) is 13.7. The molecule has 0 saturated heterocycles. The minimum absolute atomic E-state index is 0.204. The van der Waals surface area contributed by atoms with Gasteiger partial charge in [0.15, 0.2) is 5.82 Å². The summed E-state index contributed by atoms with van der Waals surface area (Å²) in [6.07, 6.45) is 0.0492. The summed E-state index contributed by atoms with van der Waals surface area (Å²) in [6.45, 7) is 7.35. The number of aromatic nitrogens is 2. The van der Waals surface area contributed by atoms with Crippen molar-refractivity contribution in [3.8, 4) is 11.3 Å². The lowest BCUT2D eigenvalue weighted by Crippen LogP contribution is -2.35. The van der Waals surface area contributed by atoms with Crippen molar-refractivity contribution in [1.29, 1.82) is 0 Å². The monoisotopic (exact) mass is 407 g/mol. The Hall–Kier alpha value is -3.48. The number of fused-ring (bicyclic) bond motifs is 1. The summed E-state index contributed by atoms with van der Waals surface area (Å²) in [5.74, 6) is -0.512. The van der Waals surface area contributed by atoms with Crippen LogP contribution in [0.5, 0.6) is 0 Å². The molecule has 1 unspecified atom stereocenters. The molecule has 1 heterocycles. The van der Waals surface area contributed by atoms with Gasteiger partial charge in [0.25, 0.3) is 0 Å². The van der Waals surface area contributed by atoms with Gasteiger partial charge in [0.1, 0.15) is 5.60 Å². The topological polar surface area (TPSA) is 101 Å². The van der Waals surface area contributed by atoms with E-state index in [9.17, 15) is 9.59 Å². The number of aromatic carboxylic acids is 1. The molecule has 3 rings (SSSR count). The van der Waals surface area contributed by atoms with Crippen molar-refractivity contribution in [2.45, 2.75) is 45.8 Å². The van der Waals surface area contributed by atoms with Crippen molar-refractivity contribution in [3.63, 3.8) is 0 Å². The number of rotatable bonds is 5. The zero-order valence-corrected chi connectivity index (χ0v) is 17.5. The van der Waals surface area contributed by atoms with Gasteiger partial charge >= 0.3 is 12.1 Å². The van der Waals surface area contributed by atoms with E-state index in [4.69, 9.17) is 14.8 Å². The molecular weight excluding hydrogens is 382 g/mol. The number of carboxylic acids is 1. The molecule has 3 aromatic rings. The van der Waals surface area contributed by atoms with Gasteiger partial charge in [-0.1, -0.05) is 37.3 Å². The Labute approximate surface area is 175 Å². The largest absolute Gasteiger partial charge is 0.478 e. The van der Waals surface area contributed by atoms with E-state index in [0.717, 1.165) is 16.5 Å². The van der Waals surface area contributed by atoms with Gasteiger partial charge in [0.05, 0.1) is 22.8 Å². The maximum atomic E-state index is 12.3. The molecule has 1 amide bonds. The molecular formula is C23H25N3O4. The van der Waals surface area contributed by atoms with Gasteiger partial charge in [-0.3, -0.25) is 0 Å². The van der Waals surface area contributed by atoms with Gasteiger partial charge in [0, 0.05) is 10.9 Å². The number of hydrogen-bond donors (Lipinski definition) is 2. The molecule has 0 bridgehead atoms. The third kappa shape index (κ3) is 4.92. The van der Waals surface area contributed by atoms with Gasteiger partial charge in [-0.25, -0.2) is 19.6 Å². The van der Waals surface area contributed by atoms with Crippen LogP contribution in [0.15, 0.2) is 48.5 Å². The number of carbonyl (C=O) groups is 2. The molecule has 0 aliphatic heterocycles. The van der Waals surface area contributed by atoms with Gasteiger partial charge in [-0.2, -0.15) is 0 Å². The van der Waals surface area contributed by atoms with E-state index in [1.807, 2.05) is 31.2 Å². The maximum absolute atomic E-state index is 12.3. The fourth-order valence-corrected chi connectivity index (χ4v) is 3.04. The van der Waals surface area contributed by atoms with E-state index in [1.54, 1.807) is 45.0 Å². The lowest BCUT2D eigenvalue weighted by atomic mass is 10.0.